The Morgan fingerprint density at radius 3 is 2.40 bits per heavy atom. The van der Waals surface area contributed by atoms with Crippen LogP contribution in [0, 0.1) is 6.92 Å². The van der Waals surface area contributed by atoms with Crippen molar-refractivity contribution in [1.29, 1.82) is 0 Å². The third kappa shape index (κ3) is 2.77. The van der Waals surface area contributed by atoms with Gasteiger partial charge in [0.1, 0.15) is 0 Å². The highest BCUT2D eigenvalue weighted by molar-refractivity contribution is 5.85. The number of fused-ring (bicyclic) bond motifs is 3. The maximum Gasteiger partial charge on any atom is 0.215 e. The summed E-state index contributed by atoms with van der Waals surface area (Å²) in [4.78, 5) is 6.83. The van der Waals surface area contributed by atoms with Crippen molar-refractivity contribution >= 4 is 41.6 Å². The molecular weight excluding hydrogens is 295 g/mol. The highest BCUT2D eigenvalue weighted by atomic mass is 35.5. The van der Waals surface area contributed by atoms with Crippen molar-refractivity contribution in [3.05, 3.63) is 36.2 Å². The average molecular weight is 315 g/mol. The van der Waals surface area contributed by atoms with Gasteiger partial charge in [-0.15, -0.1) is 24.8 Å². The molecule has 0 aliphatic heterocycles. The molecule has 2 heterocycles. The number of likely N-dealkylation sites (N-methyl/N-ethyl adjacent to an activating group) is 1. The van der Waals surface area contributed by atoms with Crippen molar-refractivity contribution in [3.63, 3.8) is 0 Å². The number of halogens is 2. The van der Waals surface area contributed by atoms with Gasteiger partial charge in [-0.3, -0.25) is 4.40 Å². The number of hydrogen-bond donors (Lipinski definition) is 0. The molecule has 0 bridgehead atoms. The molecule has 3 rings (SSSR count). The molecule has 2 aromatic heterocycles. The van der Waals surface area contributed by atoms with Gasteiger partial charge in [-0.25, -0.2) is 4.98 Å². The van der Waals surface area contributed by atoms with E-state index in [1.165, 1.54) is 11.0 Å². The summed E-state index contributed by atoms with van der Waals surface area (Å²) in [6, 6.07) is 8.47. The van der Waals surface area contributed by atoms with Crippen molar-refractivity contribution in [1.82, 2.24) is 18.9 Å². The Labute approximate surface area is 131 Å². The summed E-state index contributed by atoms with van der Waals surface area (Å²) >= 11 is 0. The summed E-state index contributed by atoms with van der Waals surface area (Å²) in [5.74, 6) is 1.04. The van der Waals surface area contributed by atoms with E-state index < -0.39 is 0 Å². The molecule has 0 unspecified atom stereocenters. The van der Waals surface area contributed by atoms with Crippen LogP contribution < -0.4 is 0 Å². The molecule has 0 radical (unpaired) electrons. The molecular formula is C14H20Cl2N4. The van der Waals surface area contributed by atoms with E-state index in [0.717, 1.165) is 24.6 Å². The summed E-state index contributed by atoms with van der Waals surface area (Å²) in [7, 11) is 4.19. The van der Waals surface area contributed by atoms with Gasteiger partial charge in [0, 0.05) is 19.3 Å². The molecule has 0 N–H and O–H groups in total. The van der Waals surface area contributed by atoms with Gasteiger partial charge >= 0.3 is 0 Å². The summed E-state index contributed by atoms with van der Waals surface area (Å²) in [5, 5.41) is 0. The van der Waals surface area contributed by atoms with Gasteiger partial charge in [0.25, 0.3) is 0 Å². The van der Waals surface area contributed by atoms with E-state index in [4.69, 9.17) is 0 Å². The Bertz CT molecular complexity index is 700. The van der Waals surface area contributed by atoms with Crippen LogP contribution in [0.2, 0.25) is 0 Å². The van der Waals surface area contributed by atoms with E-state index in [-0.39, 0.29) is 24.8 Å². The third-order valence-electron chi connectivity index (χ3n) is 3.25. The summed E-state index contributed by atoms with van der Waals surface area (Å²) in [6.45, 7) is 4.01. The molecule has 0 spiro atoms. The highest BCUT2D eigenvalue weighted by Gasteiger charge is 2.11. The summed E-state index contributed by atoms with van der Waals surface area (Å²) in [5.41, 5.74) is 3.54. The summed E-state index contributed by atoms with van der Waals surface area (Å²) in [6.07, 6.45) is 2.10. The minimum atomic E-state index is 0. The second kappa shape index (κ2) is 6.48. The van der Waals surface area contributed by atoms with E-state index in [1.807, 2.05) is 6.92 Å². The highest BCUT2D eigenvalue weighted by Crippen LogP contribution is 2.20. The minimum Gasteiger partial charge on any atom is -0.308 e. The van der Waals surface area contributed by atoms with Gasteiger partial charge < -0.3 is 9.47 Å². The maximum atomic E-state index is 4.64. The van der Waals surface area contributed by atoms with Crippen LogP contribution in [0.3, 0.4) is 0 Å². The van der Waals surface area contributed by atoms with Crippen molar-refractivity contribution in [2.24, 2.45) is 0 Å². The normalized spacial score (nSPS) is 10.8. The van der Waals surface area contributed by atoms with Gasteiger partial charge in [-0.1, -0.05) is 12.1 Å². The number of benzene rings is 1. The molecule has 0 amide bonds. The first-order valence-corrected chi connectivity index (χ1v) is 6.24. The van der Waals surface area contributed by atoms with E-state index in [1.54, 1.807) is 0 Å². The molecule has 0 saturated heterocycles. The van der Waals surface area contributed by atoms with Crippen LogP contribution in [0.4, 0.5) is 0 Å². The second-order valence-corrected chi connectivity index (χ2v) is 5.00. The van der Waals surface area contributed by atoms with Gasteiger partial charge in [0.05, 0.1) is 16.7 Å². The molecule has 0 atom stereocenters. The zero-order valence-corrected chi connectivity index (χ0v) is 13.5. The number of hydrogen-bond acceptors (Lipinski definition) is 2. The number of imidazole rings is 2. The number of rotatable bonds is 3. The van der Waals surface area contributed by atoms with Crippen molar-refractivity contribution < 1.29 is 0 Å². The Balaban J connectivity index is 0.000001000. The SMILES string of the molecule is Cc1cn2c3ccccc3n(CCN(C)C)c2n1.Cl.Cl. The fourth-order valence-electron chi connectivity index (χ4n) is 2.38. The van der Waals surface area contributed by atoms with E-state index in [0.29, 0.717) is 0 Å². The lowest BCUT2D eigenvalue weighted by Crippen LogP contribution is -2.18. The van der Waals surface area contributed by atoms with Crippen LogP contribution in [0.25, 0.3) is 16.8 Å². The van der Waals surface area contributed by atoms with Gasteiger partial charge in [-0.05, 0) is 33.2 Å². The number of nitrogens with zero attached hydrogens (tertiary/aromatic N) is 4. The standard InChI is InChI=1S/C14H18N4.2ClH/c1-11-10-18-13-7-5-4-6-12(13)17(14(18)15-11)9-8-16(2)3;;/h4-7,10H,8-9H2,1-3H3;2*1H. The fourth-order valence-corrected chi connectivity index (χ4v) is 2.38. The van der Waals surface area contributed by atoms with E-state index in [9.17, 15) is 0 Å². The molecule has 1 aromatic carbocycles. The quantitative estimate of drug-likeness (QED) is 0.742. The molecule has 0 aliphatic rings. The zero-order valence-electron chi connectivity index (χ0n) is 11.9. The average Bonchev–Trinajstić information content (AvgIpc) is 2.82. The van der Waals surface area contributed by atoms with Crippen molar-refractivity contribution in [2.75, 3.05) is 20.6 Å². The van der Waals surface area contributed by atoms with Crippen molar-refractivity contribution in [3.8, 4) is 0 Å². The number of aryl methyl sites for hydroxylation is 1. The fraction of sp³-hybridized carbons (Fsp3) is 0.357. The molecule has 6 heteroatoms. The van der Waals surface area contributed by atoms with Crippen LogP contribution in [0.15, 0.2) is 30.5 Å². The first-order valence-electron chi connectivity index (χ1n) is 6.24. The molecule has 110 valence electrons. The largest absolute Gasteiger partial charge is 0.308 e. The second-order valence-electron chi connectivity index (χ2n) is 5.00. The Morgan fingerprint density at radius 2 is 1.75 bits per heavy atom. The molecule has 0 fully saturated rings. The Morgan fingerprint density at radius 1 is 1.10 bits per heavy atom. The Hall–Kier alpha value is -1.23. The van der Waals surface area contributed by atoms with E-state index >= 15 is 0 Å². The van der Waals surface area contributed by atoms with Gasteiger partial charge in [0.15, 0.2) is 0 Å². The van der Waals surface area contributed by atoms with Crippen LogP contribution in [0.5, 0.6) is 0 Å². The van der Waals surface area contributed by atoms with Crippen LogP contribution in [-0.2, 0) is 6.54 Å². The van der Waals surface area contributed by atoms with Crippen LogP contribution in [0.1, 0.15) is 5.69 Å². The lowest BCUT2D eigenvalue weighted by Gasteiger charge is -2.10. The minimum absolute atomic E-state index is 0. The predicted molar refractivity (Wildman–Crippen MR) is 88.5 cm³/mol. The lowest BCUT2D eigenvalue weighted by atomic mass is 10.3. The third-order valence-corrected chi connectivity index (χ3v) is 3.25. The van der Waals surface area contributed by atoms with Crippen LogP contribution >= 0.6 is 24.8 Å². The molecule has 20 heavy (non-hydrogen) atoms. The zero-order chi connectivity index (χ0) is 12.7. The lowest BCUT2D eigenvalue weighted by molar-refractivity contribution is 0.388. The van der Waals surface area contributed by atoms with Gasteiger partial charge in [-0.2, -0.15) is 0 Å². The van der Waals surface area contributed by atoms with Crippen LogP contribution in [-0.4, -0.2) is 39.5 Å². The summed E-state index contributed by atoms with van der Waals surface area (Å²) < 4.78 is 4.47. The number of aromatic nitrogens is 3. The first kappa shape index (κ1) is 16.8. The molecule has 3 aromatic rings. The monoisotopic (exact) mass is 314 g/mol. The Kier molecular flexibility index (Phi) is 5.45. The molecule has 4 nitrogen and oxygen atoms in total. The first-order chi connectivity index (χ1) is 8.66. The molecule has 0 saturated carbocycles. The smallest absolute Gasteiger partial charge is 0.215 e. The topological polar surface area (TPSA) is 25.5 Å². The maximum absolute atomic E-state index is 4.64. The van der Waals surface area contributed by atoms with Crippen molar-refractivity contribution in [2.45, 2.75) is 13.5 Å². The van der Waals surface area contributed by atoms with E-state index in [2.05, 4.69) is 63.4 Å². The number of para-hydroxylation sites is 2. The molecule has 0 aliphatic carbocycles. The van der Waals surface area contributed by atoms with Gasteiger partial charge in [0.2, 0.25) is 5.78 Å². The predicted octanol–water partition coefficient (Wildman–Crippen LogP) is 3.00.